The molecule has 0 aromatic heterocycles. The van der Waals surface area contributed by atoms with Crippen molar-refractivity contribution in [2.24, 2.45) is 0 Å². The standard InChI is InChI=1S/C11H12ClNO2S/c1-3-9-13(4-2)16(14,15)11-7-5-10(12)6-8-11/h1,5-8H,4,9H2,2H3. The molecule has 16 heavy (non-hydrogen) atoms. The second-order valence-electron chi connectivity index (χ2n) is 3.09. The van der Waals surface area contributed by atoms with Gasteiger partial charge in [-0.25, -0.2) is 8.42 Å². The summed E-state index contributed by atoms with van der Waals surface area (Å²) in [6, 6.07) is 6.02. The first kappa shape index (κ1) is 13.0. The number of benzene rings is 1. The molecule has 0 saturated carbocycles. The van der Waals surface area contributed by atoms with Crippen molar-refractivity contribution in [3.8, 4) is 12.3 Å². The molecule has 1 rings (SSSR count). The molecule has 0 fully saturated rings. The zero-order valence-electron chi connectivity index (χ0n) is 8.85. The van der Waals surface area contributed by atoms with E-state index in [2.05, 4.69) is 5.92 Å². The summed E-state index contributed by atoms with van der Waals surface area (Å²) in [5, 5.41) is 0.499. The minimum Gasteiger partial charge on any atom is -0.207 e. The summed E-state index contributed by atoms with van der Waals surface area (Å²) in [6.07, 6.45) is 5.13. The van der Waals surface area contributed by atoms with E-state index in [9.17, 15) is 8.42 Å². The number of hydrogen-bond acceptors (Lipinski definition) is 2. The van der Waals surface area contributed by atoms with Gasteiger partial charge in [-0.1, -0.05) is 24.4 Å². The van der Waals surface area contributed by atoms with Crippen molar-refractivity contribution in [3.05, 3.63) is 29.3 Å². The molecule has 0 saturated heterocycles. The van der Waals surface area contributed by atoms with Gasteiger partial charge in [0.15, 0.2) is 0 Å². The number of rotatable bonds is 4. The number of sulfonamides is 1. The molecule has 0 N–H and O–H groups in total. The maximum absolute atomic E-state index is 12.1. The summed E-state index contributed by atoms with van der Waals surface area (Å²) in [6.45, 7) is 2.15. The van der Waals surface area contributed by atoms with Crippen LogP contribution in [0.15, 0.2) is 29.2 Å². The van der Waals surface area contributed by atoms with E-state index in [4.69, 9.17) is 18.0 Å². The Balaban J connectivity index is 3.10. The van der Waals surface area contributed by atoms with Gasteiger partial charge in [-0.2, -0.15) is 4.31 Å². The summed E-state index contributed by atoms with van der Waals surface area (Å²) < 4.78 is 25.3. The van der Waals surface area contributed by atoms with Crippen LogP contribution >= 0.6 is 11.6 Å². The zero-order valence-corrected chi connectivity index (χ0v) is 10.4. The molecule has 0 atom stereocenters. The summed E-state index contributed by atoms with van der Waals surface area (Å²) in [5.41, 5.74) is 0. The quantitative estimate of drug-likeness (QED) is 0.774. The Bertz CT molecular complexity index is 488. The van der Waals surface area contributed by atoms with Crippen molar-refractivity contribution >= 4 is 21.6 Å². The lowest BCUT2D eigenvalue weighted by Crippen LogP contribution is -2.31. The lowest BCUT2D eigenvalue weighted by molar-refractivity contribution is 0.464. The third kappa shape index (κ3) is 2.76. The van der Waals surface area contributed by atoms with Gasteiger partial charge in [0, 0.05) is 11.6 Å². The molecule has 0 radical (unpaired) electrons. The maximum atomic E-state index is 12.1. The minimum absolute atomic E-state index is 0.0709. The normalized spacial score (nSPS) is 11.4. The molecule has 1 aromatic rings. The second-order valence-corrected chi connectivity index (χ2v) is 5.46. The predicted octanol–water partition coefficient (Wildman–Crippen LogP) is 1.98. The van der Waals surface area contributed by atoms with Crippen LogP contribution in [0.5, 0.6) is 0 Å². The Labute approximate surface area is 101 Å². The summed E-state index contributed by atoms with van der Waals surface area (Å²) >= 11 is 5.70. The molecule has 0 amide bonds. The zero-order chi connectivity index (χ0) is 12.2. The first-order valence-corrected chi connectivity index (χ1v) is 6.53. The van der Waals surface area contributed by atoms with Crippen LogP contribution in [0, 0.1) is 12.3 Å². The molecule has 86 valence electrons. The van der Waals surface area contributed by atoms with Gasteiger partial charge in [0.2, 0.25) is 10.0 Å². The van der Waals surface area contributed by atoms with Gasteiger partial charge in [-0.15, -0.1) is 6.42 Å². The van der Waals surface area contributed by atoms with Gasteiger partial charge in [-0.05, 0) is 24.3 Å². The van der Waals surface area contributed by atoms with Gasteiger partial charge in [0.25, 0.3) is 0 Å². The van der Waals surface area contributed by atoms with E-state index < -0.39 is 10.0 Å². The van der Waals surface area contributed by atoms with Crippen molar-refractivity contribution < 1.29 is 8.42 Å². The molecule has 0 heterocycles. The molecule has 3 nitrogen and oxygen atoms in total. The maximum Gasteiger partial charge on any atom is 0.243 e. The molecular formula is C11H12ClNO2S. The van der Waals surface area contributed by atoms with Gasteiger partial charge >= 0.3 is 0 Å². The fourth-order valence-electron chi connectivity index (χ4n) is 1.22. The van der Waals surface area contributed by atoms with Crippen LogP contribution < -0.4 is 0 Å². The highest BCUT2D eigenvalue weighted by Crippen LogP contribution is 2.17. The Morgan fingerprint density at radius 1 is 1.38 bits per heavy atom. The van der Waals surface area contributed by atoms with Crippen LogP contribution in [0.2, 0.25) is 5.02 Å². The molecular weight excluding hydrogens is 246 g/mol. The number of nitrogens with zero attached hydrogens (tertiary/aromatic N) is 1. The van der Waals surface area contributed by atoms with E-state index in [0.717, 1.165) is 0 Å². The monoisotopic (exact) mass is 257 g/mol. The van der Waals surface area contributed by atoms with Gasteiger partial charge in [0.05, 0.1) is 11.4 Å². The highest BCUT2D eigenvalue weighted by molar-refractivity contribution is 7.89. The van der Waals surface area contributed by atoms with E-state index in [-0.39, 0.29) is 11.4 Å². The number of terminal acetylenes is 1. The summed E-state index contributed by atoms with van der Waals surface area (Å²) in [5.74, 6) is 2.33. The highest BCUT2D eigenvalue weighted by atomic mass is 35.5. The average Bonchev–Trinajstić information content (AvgIpc) is 2.26. The predicted molar refractivity (Wildman–Crippen MR) is 64.7 cm³/mol. The summed E-state index contributed by atoms with van der Waals surface area (Å²) in [4.78, 5) is 0.203. The van der Waals surface area contributed by atoms with Crippen LogP contribution in [0.1, 0.15) is 6.92 Å². The van der Waals surface area contributed by atoms with E-state index in [1.165, 1.54) is 28.6 Å². The number of halogens is 1. The van der Waals surface area contributed by atoms with Crippen LogP contribution in [0.3, 0.4) is 0 Å². The van der Waals surface area contributed by atoms with Crippen LogP contribution in [-0.2, 0) is 10.0 Å². The van der Waals surface area contributed by atoms with Gasteiger partial charge < -0.3 is 0 Å². The fourth-order valence-corrected chi connectivity index (χ4v) is 2.71. The van der Waals surface area contributed by atoms with Crippen LogP contribution in [0.4, 0.5) is 0 Å². The minimum atomic E-state index is -3.50. The van der Waals surface area contributed by atoms with E-state index in [0.29, 0.717) is 11.6 Å². The van der Waals surface area contributed by atoms with Gasteiger partial charge in [0.1, 0.15) is 0 Å². The first-order chi connectivity index (χ1) is 7.52. The molecule has 1 aromatic carbocycles. The Morgan fingerprint density at radius 3 is 2.38 bits per heavy atom. The number of hydrogen-bond donors (Lipinski definition) is 0. The Morgan fingerprint density at radius 2 is 1.94 bits per heavy atom. The Hall–Kier alpha value is -1.02. The molecule has 0 aliphatic carbocycles. The SMILES string of the molecule is C#CCN(CC)S(=O)(=O)c1ccc(Cl)cc1. The average molecular weight is 258 g/mol. The van der Waals surface area contributed by atoms with Crippen LogP contribution in [-0.4, -0.2) is 25.8 Å². The van der Waals surface area contributed by atoms with Crippen molar-refractivity contribution in [3.63, 3.8) is 0 Å². The second kappa shape index (κ2) is 5.35. The van der Waals surface area contributed by atoms with Gasteiger partial charge in [-0.3, -0.25) is 0 Å². The van der Waals surface area contributed by atoms with Crippen molar-refractivity contribution in [2.45, 2.75) is 11.8 Å². The van der Waals surface area contributed by atoms with Crippen molar-refractivity contribution in [2.75, 3.05) is 13.1 Å². The van der Waals surface area contributed by atoms with E-state index >= 15 is 0 Å². The third-order valence-corrected chi connectivity index (χ3v) is 4.26. The molecule has 0 spiro atoms. The molecule has 0 unspecified atom stereocenters. The first-order valence-electron chi connectivity index (χ1n) is 4.71. The third-order valence-electron chi connectivity index (χ3n) is 2.07. The highest BCUT2D eigenvalue weighted by Gasteiger charge is 2.21. The summed E-state index contributed by atoms with van der Waals surface area (Å²) in [7, 11) is -3.50. The molecule has 0 bridgehead atoms. The molecule has 0 aliphatic heterocycles. The van der Waals surface area contributed by atoms with Crippen LogP contribution in [0.25, 0.3) is 0 Å². The molecule has 5 heteroatoms. The Kier molecular flexibility index (Phi) is 4.36. The van der Waals surface area contributed by atoms with Crippen molar-refractivity contribution in [1.29, 1.82) is 0 Å². The lowest BCUT2D eigenvalue weighted by Gasteiger charge is -2.17. The largest absolute Gasteiger partial charge is 0.243 e. The van der Waals surface area contributed by atoms with Crippen molar-refractivity contribution in [1.82, 2.24) is 4.31 Å². The van der Waals surface area contributed by atoms with E-state index in [1.807, 2.05) is 0 Å². The lowest BCUT2D eigenvalue weighted by atomic mass is 10.4. The fraction of sp³-hybridized carbons (Fsp3) is 0.273. The smallest absolute Gasteiger partial charge is 0.207 e. The molecule has 0 aliphatic rings. The topological polar surface area (TPSA) is 37.4 Å². The van der Waals surface area contributed by atoms with E-state index in [1.54, 1.807) is 6.92 Å².